The number of nitrogens with one attached hydrogen (secondary N) is 1. The van der Waals surface area contributed by atoms with Crippen LogP contribution in [-0.4, -0.2) is 42.4 Å². The van der Waals surface area contributed by atoms with Crippen molar-refractivity contribution in [1.29, 1.82) is 0 Å². The number of nitrogens with two attached hydrogens (primary N) is 1. The van der Waals surface area contributed by atoms with Gasteiger partial charge in [0, 0.05) is 12.3 Å². The number of nitrogen functional groups attached to an aromatic ring is 1. The molecule has 164 valence electrons. The Kier molecular flexibility index (Phi) is 6.28. The van der Waals surface area contributed by atoms with Gasteiger partial charge in [-0.3, -0.25) is 4.57 Å². The number of aromatic nitrogens is 6. The number of thioether (sulfide) groups is 1. The van der Waals surface area contributed by atoms with E-state index < -0.39 is 0 Å². The fraction of sp³-hybridized carbons (Fsp3) is 0.286. The molecule has 5 rings (SSSR count). The van der Waals surface area contributed by atoms with Gasteiger partial charge in [0.2, 0.25) is 11.9 Å². The van der Waals surface area contributed by atoms with Crippen LogP contribution in [0, 0.1) is 0 Å². The summed E-state index contributed by atoms with van der Waals surface area (Å²) < 4.78 is 8.00. The highest BCUT2D eigenvalue weighted by molar-refractivity contribution is 7.98. The Bertz CT molecular complexity index is 1160. The topological polar surface area (TPSA) is 117 Å². The second-order valence-corrected chi connectivity index (χ2v) is 9.13. The molecule has 0 bridgehead atoms. The molecule has 1 atom stereocenters. The summed E-state index contributed by atoms with van der Waals surface area (Å²) in [6.45, 7) is 1.54. The van der Waals surface area contributed by atoms with Crippen LogP contribution in [0.25, 0.3) is 10.7 Å². The normalized spacial score (nSPS) is 15.8. The maximum absolute atomic E-state index is 5.93. The minimum Gasteiger partial charge on any atom is -0.376 e. The molecular weight excluding hydrogens is 444 g/mol. The van der Waals surface area contributed by atoms with E-state index in [1.54, 1.807) is 11.3 Å². The second-order valence-electron chi connectivity index (χ2n) is 7.24. The summed E-state index contributed by atoms with van der Waals surface area (Å²) in [6.07, 6.45) is 2.31. The smallest absolute Gasteiger partial charge is 0.232 e. The zero-order valence-corrected chi connectivity index (χ0v) is 18.9. The number of nitrogens with zero attached hydrogens (tertiary/aromatic N) is 6. The SMILES string of the molecule is Nc1nc(CSc2nnc(-c3cccs3)n2C[C@@H]2CCCO2)nc(Nc2ccccc2)n1. The molecule has 9 nitrogen and oxygen atoms in total. The molecule has 4 aromatic rings. The van der Waals surface area contributed by atoms with Gasteiger partial charge in [0.05, 0.1) is 23.3 Å². The van der Waals surface area contributed by atoms with E-state index in [4.69, 9.17) is 10.5 Å². The van der Waals surface area contributed by atoms with Gasteiger partial charge in [0.15, 0.2) is 11.0 Å². The van der Waals surface area contributed by atoms with Crippen LogP contribution in [0.5, 0.6) is 0 Å². The zero-order chi connectivity index (χ0) is 21.8. The molecule has 0 aliphatic carbocycles. The van der Waals surface area contributed by atoms with Gasteiger partial charge in [-0.2, -0.15) is 15.0 Å². The van der Waals surface area contributed by atoms with E-state index >= 15 is 0 Å². The van der Waals surface area contributed by atoms with E-state index in [0.717, 1.165) is 47.5 Å². The predicted molar refractivity (Wildman–Crippen MR) is 126 cm³/mol. The van der Waals surface area contributed by atoms with Crippen LogP contribution >= 0.6 is 23.1 Å². The Morgan fingerprint density at radius 3 is 2.81 bits per heavy atom. The molecule has 3 N–H and O–H groups in total. The number of anilines is 3. The van der Waals surface area contributed by atoms with Gasteiger partial charge >= 0.3 is 0 Å². The first kappa shape index (κ1) is 20.9. The maximum Gasteiger partial charge on any atom is 0.232 e. The number of hydrogen-bond donors (Lipinski definition) is 2. The standard InChI is InChI=1S/C21H22N8OS2/c22-19-24-17(25-20(26-19)23-14-6-2-1-3-7-14)13-32-21-28-27-18(16-9-5-11-31-16)29(21)12-15-8-4-10-30-15/h1-3,5-7,9,11,15H,4,8,10,12-13H2,(H3,22,23,24,25,26)/t15-/m0/s1. The number of hydrogen-bond acceptors (Lipinski definition) is 10. The fourth-order valence-corrected chi connectivity index (χ4v) is 5.00. The van der Waals surface area contributed by atoms with Crippen molar-refractivity contribution in [2.45, 2.75) is 36.4 Å². The van der Waals surface area contributed by atoms with E-state index in [9.17, 15) is 0 Å². The number of rotatable bonds is 8. The Hall–Kier alpha value is -3.02. The summed E-state index contributed by atoms with van der Waals surface area (Å²) in [5.41, 5.74) is 6.81. The first-order chi connectivity index (χ1) is 15.7. The number of para-hydroxylation sites is 1. The molecule has 32 heavy (non-hydrogen) atoms. The minimum absolute atomic E-state index is 0.175. The lowest BCUT2D eigenvalue weighted by Crippen LogP contribution is -2.16. The predicted octanol–water partition coefficient (Wildman–Crippen LogP) is 3.99. The highest BCUT2D eigenvalue weighted by Gasteiger charge is 2.22. The molecule has 1 saturated heterocycles. The van der Waals surface area contributed by atoms with E-state index in [-0.39, 0.29) is 12.1 Å². The first-order valence-corrected chi connectivity index (χ1v) is 12.1. The molecule has 0 unspecified atom stereocenters. The molecule has 1 fully saturated rings. The summed E-state index contributed by atoms with van der Waals surface area (Å²) in [6, 6.07) is 13.8. The van der Waals surface area contributed by atoms with E-state index in [1.165, 1.54) is 11.8 Å². The van der Waals surface area contributed by atoms with Gasteiger partial charge < -0.3 is 15.8 Å². The molecule has 0 saturated carbocycles. The molecule has 4 heterocycles. The van der Waals surface area contributed by atoms with Crippen LogP contribution in [0.1, 0.15) is 18.7 Å². The van der Waals surface area contributed by atoms with Gasteiger partial charge in [-0.1, -0.05) is 36.0 Å². The molecular formula is C21H22N8OS2. The fourth-order valence-electron chi connectivity index (χ4n) is 3.48. The molecule has 1 aromatic carbocycles. The third-order valence-electron chi connectivity index (χ3n) is 4.93. The van der Waals surface area contributed by atoms with Gasteiger partial charge in [0.25, 0.3) is 0 Å². The van der Waals surface area contributed by atoms with Crippen molar-refractivity contribution in [3.8, 4) is 10.7 Å². The van der Waals surface area contributed by atoms with Crippen LogP contribution in [0.4, 0.5) is 17.6 Å². The van der Waals surface area contributed by atoms with Crippen LogP contribution in [0.15, 0.2) is 53.0 Å². The van der Waals surface area contributed by atoms with Gasteiger partial charge in [-0.25, -0.2) is 0 Å². The van der Waals surface area contributed by atoms with Crippen LogP contribution in [0.2, 0.25) is 0 Å². The monoisotopic (exact) mass is 466 g/mol. The summed E-state index contributed by atoms with van der Waals surface area (Å²) in [7, 11) is 0. The Balaban J connectivity index is 1.35. The maximum atomic E-state index is 5.93. The van der Waals surface area contributed by atoms with Crippen molar-refractivity contribution >= 4 is 40.7 Å². The molecule has 1 aliphatic rings. The number of ether oxygens (including phenoxy) is 1. The van der Waals surface area contributed by atoms with Gasteiger partial charge in [-0.05, 0) is 36.4 Å². The Morgan fingerprint density at radius 1 is 1.12 bits per heavy atom. The van der Waals surface area contributed by atoms with Crippen molar-refractivity contribution in [2.24, 2.45) is 0 Å². The van der Waals surface area contributed by atoms with Crippen LogP contribution in [0.3, 0.4) is 0 Å². The molecule has 1 aliphatic heterocycles. The quantitative estimate of drug-likeness (QED) is 0.372. The first-order valence-electron chi connectivity index (χ1n) is 10.3. The average molecular weight is 467 g/mol. The van der Waals surface area contributed by atoms with Crippen molar-refractivity contribution in [3.05, 3.63) is 53.7 Å². The summed E-state index contributed by atoms with van der Waals surface area (Å²) in [4.78, 5) is 14.1. The minimum atomic E-state index is 0.175. The van der Waals surface area contributed by atoms with Crippen LogP contribution < -0.4 is 11.1 Å². The second kappa shape index (κ2) is 9.63. The molecule has 0 radical (unpaired) electrons. The molecule has 11 heteroatoms. The van der Waals surface area contributed by atoms with Crippen molar-refractivity contribution in [3.63, 3.8) is 0 Å². The summed E-state index contributed by atoms with van der Waals surface area (Å²) in [5, 5.41) is 14.9. The lowest BCUT2D eigenvalue weighted by atomic mass is 10.2. The highest BCUT2D eigenvalue weighted by atomic mass is 32.2. The lowest BCUT2D eigenvalue weighted by Gasteiger charge is -2.14. The summed E-state index contributed by atoms with van der Waals surface area (Å²) in [5.74, 6) is 2.52. The Morgan fingerprint density at radius 2 is 2.03 bits per heavy atom. The van der Waals surface area contributed by atoms with Gasteiger partial charge in [0.1, 0.15) is 5.82 Å². The van der Waals surface area contributed by atoms with E-state index in [1.807, 2.05) is 41.8 Å². The summed E-state index contributed by atoms with van der Waals surface area (Å²) >= 11 is 3.18. The average Bonchev–Trinajstić information content (AvgIpc) is 3.56. The Labute approximate surface area is 193 Å². The molecule has 3 aromatic heterocycles. The van der Waals surface area contributed by atoms with Crippen molar-refractivity contribution in [1.82, 2.24) is 29.7 Å². The largest absolute Gasteiger partial charge is 0.376 e. The third kappa shape index (κ3) is 4.90. The molecule has 0 spiro atoms. The van der Waals surface area contributed by atoms with Crippen LogP contribution in [-0.2, 0) is 17.0 Å². The zero-order valence-electron chi connectivity index (χ0n) is 17.2. The highest BCUT2D eigenvalue weighted by Crippen LogP contribution is 2.30. The van der Waals surface area contributed by atoms with Gasteiger partial charge in [-0.15, -0.1) is 21.5 Å². The lowest BCUT2D eigenvalue weighted by molar-refractivity contribution is 0.0953. The van der Waals surface area contributed by atoms with Crippen molar-refractivity contribution < 1.29 is 4.74 Å². The van der Waals surface area contributed by atoms with E-state index in [0.29, 0.717) is 17.5 Å². The number of thiophene rings is 1. The molecule has 0 amide bonds. The number of benzene rings is 1. The van der Waals surface area contributed by atoms with Crippen molar-refractivity contribution in [2.75, 3.05) is 17.7 Å². The third-order valence-corrected chi connectivity index (χ3v) is 6.76. The van der Waals surface area contributed by atoms with E-state index in [2.05, 4.69) is 41.1 Å².